The van der Waals surface area contributed by atoms with Crippen LogP contribution in [-0.2, 0) is 12.8 Å². The Morgan fingerprint density at radius 2 is 2.00 bits per heavy atom. The van der Waals surface area contributed by atoms with Crippen LogP contribution in [0.15, 0.2) is 35.1 Å². The van der Waals surface area contributed by atoms with Gasteiger partial charge in [0.1, 0.15) is 0 Å². The van der Waals surface area contributed by atoms with E-state index in [1.807, 2.05) is 18.2 Å². The van der Waals surface area contributed by atoms with Crippen molar-refractivity contribution in [3.8, 4) is 0 Å². The first-order chi connectivity index (χ1) is 11.1. The van der Waals surface area contributed by atoms with Gasteiger partial charge in [0.25, 0.3) is 11.5 Å². The molecule has 0 saturated carbocycles. The van der Waals surface area contributed by atoms with Gasteiger partial charge in [-0.2, -0.15) is 0 Å². The van der Waals surface area contributed by atoms with Crippen LogP contribution in [0.1, 0.15) is 27.2 Å². The maximum atomic E-state index is 12.2. The molecule has 0 bridgehead atoms. The zero-order valence-electron chi connectivity index (χ0n) is 12.1. The Labute approximate surface area is 141 Å². The van der Waals surface area contributed by atoms with E-state index in [0.717, 1.165) is 41.3 Å². The summed E-state index contributed by atoms with van der Waals surface area (Å²) in [4.78, 5) is 27.8. The van der Waals surface area contributed by atoms with Crippen LogP contribution in [-0.4, -0.2) is 10.9 Å². The van der Waals surface area contributed by atoms with Gasteiger partial charge >= 0.3 is 0 Å². The van der Waals surface area contributed by atoms with E-state index in [1.165, 1.54) is 11.3 Å². The quantitative estimate of drug-likeness (QED) is 0.738. The van der Waals surface area contributed by atoms with E-state index in [1.54, 1.807) is 12.1 Å². The van der Waals surface area contributed by atoms with Crippen LogP contribution in [0.5, 0.6) is 0 Å². The number of amides is 1. The highest BCUT2D eigenvalue weighted by Crippen LogP contribution is 2.28. The fraction of sp³-hybridized carbons (Fsp3) is 0.176. The highest BCUT2D eigenvalue weighted by Gasteiger charge is 2.18. The summed E-state index contributed by atoms with van der Waals surface area (Å²) in [6, 6.07) is 9.03. The molecule has 1 aromatic carbocycles. The van der Waals surface area contributed by atoms with Crippen molar-refractivity contribution in [1.82, 2.24) is 4.98 Å². The number of benzene rings is 1. The van der Waals surface area contributed by atoms with Gasteiger partial charge in [-0.1, -0.05) is 17.7 Å². The Hall–Kier alpha value is -2.11. The van der Waals surface area contributed by atoms with Crippen LogP contribution in [0.25, 0.3) is 10.9 Å². The second-order valence-corrected chi connectivity index (χ2v) is 7.30. The molecule has 2 aromatic heterocycles. The predicted molar refractivity (Wildman–Crippen MR) is 93.9 cm³/mol. The predicted octanol–water partition coefficient (Wildman–Crippen LogP) is 3.98. The smallest absolute Gasteiger partial charge is 0.265 e. The maximum Gasteiger partial charge on any atom is 0.265 e. The van der Waals surface area contributed by atoms with Crippen LogP contribution in [0.3, 0.4) is 0 Å². The van der Waals surface area contributed by atoms with Crippen molar-refractivity contribution in [2.24, 2.45) is 0 Å². The highest BCUT2D eigenvalue weighted by atomic mass is 35.5. The third-order valence-corrected chi connectivity index (χ3v) is 5.37. The van der Waals surface area contributed by atoms with Crippen molar-refractivity contribution in [1.29, 1.82) is 0 Å². The molecule has 1 aliphatic rings. The van der Waals surface area contributed by atoms with Gasteiger partial charge in [0, 0.05) is 16.6 Å². The summed E-state index contributed by atoms with van der Waals surface area (Å²) >= 11 is 7.09. The molecule has 0 atom stereocenters. The van der Waals surface area contributed by atoms with Crippen molar-refractivity contribution < 1.29 is 4.79 Å². The average molecular weight is 345 g/mol. The molecule has 0 unspecified atom stereocenters. The van der Waals surface area contributed by atoms with Crippen LogP contribution in [0, 0.1) is 0 Å². The third kappa shape index (κ3) is 2.56. The van der Waals surface area contributed by atoms with Crippen molar-refractivity contribution >= 4 is 45.4 Å². The highest BCUT2D eigenvalue weighted by molar-refractivity contribution is 7.18. The monoisotopic (exact) mass is 344 g/mol. The molecule has 2 heterocycles. The molecule has 0 radical (unpaired) electrons. The number of fused-ring (bicyclic) bond motifs is 3. The topological polar surface area (TPSA) is 62.0 Å². The fourth-order valence-corrected chi connectivity index (χ4v) is 4.05. The van der Waals surface area contributed by atoms with Gasteiger partial charge in [-0.05, 0) is 49.1 Å². The second kappa shape index (κ2) is 5.51. The van der Waals surface area contributed by atoms with Gasteiger partial charge in [-0.15, -0.1) is 11.3 Å². The molecule has 0 saturated heterocycles. The number of anilines is 1. The number of aromatic amines is 1. The molecule has 23 heavy (non-hydrogen) atoms. The van der Waals surface area contributed by atoms with E-state index in [0.29, 0.717) is 14.9 Å². The van der Waals surface area contributed by atoms with Crippen molar-refractivity contribution in [3.63, 3.8) is 0 Å². The first kappa shape index (κ1) is 14.5. The number of halogens is 1. The number of carbonyl (C=O) groups is 1. The van der Waals surface area contributed by atoms with Gasteiger partial charge in [-0.3, -0.25) is 9.59 Å². The summed E-state index contributed by atoms with van der Waals surface area (Å²) in [5.41, 5.74) is 3.45. The Morgan fingerprint density at radius 1 is 1.17 bits per heavy atom. The summed E-state index contributed by atoms with van der Waals surface area (Å²) in [7, 11) is 0. The lowest BCUT2D eigenvalue weighted by atomic mass is 10.1. The number of pyridine rings is 1. The number of thiophene rings is 1. The van der Waals surface area contributed by atoms with E-state index in [4.69, 9.17) is 11.6 Å². The first-order valence-electron chi connectivity index (χ1n) is 7.36. The van der Waals surface area contributed by atoms with Gasteiger partial charge in [0.2, 0.25) is 0 Å². The number of rotatable bonds is 2. The van der Waals surface area contributed by atoms with Gasteiger partial charge < -0.3 is 10.3 Å². The average Bonchev–Trinajstić information content (AvgIpc) is 3.16. The lowest BCUT2D eigenvalue weighted by Gasteiger charge is -2.08. The summed E-state index contributed by atoms with van der Waals surface area (Å²) in [5.74, 6) is -0.204. The standard InChI is InChI=1S/C17H13ClN2O2S/c18-15-7-6-14(23-15)17(22)19-9-4-5-11-10-2-1-3-12(10)16(21)20-13(11)8-9/h4-8H,1-3H2,(H,19,22)(H,20,21). The van der Waals surface area contributed by atoms with Gasteiger partial charge in [0.05, 0.1) is 14.7 Å². The number of carbonyl (C=O) groups excluding carboxylic acids is 1. The van der Waals surface area contributed by atoms with Crippen LogP contribution >= 0.6 is 22.9 Å². The first-order valence-corrected chi connectivity index (χ1v) is 8.56. The molecule has 0 spiro atoms. The van der Waals surface area contributed by atoms with E-state index >= 15 is 0 Å². The van der Waals surface area contributed by atoms with Crippen LogP contribution < -0.4 is 10.9 Å². The lowest BCUT2D eigenvalue weighted by molar-refractivity contribution is 0.103. The van der Waals surface area contributed by atoms with E-state index in [9.17, 15) is 9.59 Å². The number of aromatic nitrogens is 1. The minimum absolute atomic E-state index is 0.0153. The summed E-state index contributed by atoms with van der Waals surface area (Å²) < 4.78 is 0.577. The fourth-order valence-electron chi connectivity index (χ4n) is 3.11. The molecule has 116 valence electrons. The van der Waals surface area contributed by atoms with Gasteiger partial charge in [-0.25, -0.2) is 0 Å². The maximum absolute atomic E-state index is 12.2. The van der Waals surface area contributed by atoms with Crippen molar-refractivity contribution in [2.75, 3.05) is 5.32 Å². The number of hydrogen-bond donors (Lipinski definition) is 2. The number of aryl methyl sites for hydroxylation is 1. The summed E-state index contributed by atoms with van der Waals surface area (Å²) in [6.07, 6.45) is 2.81. The Kier molecular flexibility index (Phi) is 3.47. The Morgan fingerprint density at radius 3 is 2.78 bits per heavy atom. The Bertz CT molecular complexity index is 990. The number of H-pyrrole nitrogens is 1. The van der Waals surface area contributed by atoms with Crippen LogP contribution in [0.2, 0.25) is 4.34 Å². The zero-order chi connectivity index (χ0) is 16.0. The summed E-state index contributed by atoms with van der Waals surface area (Å²) in [6.45, 7) is 0. The minimum atomic E-state index is -0.204. The molecule has 0 fully saturated rings. The van der Waals surface area contributed by atoms with E-state index in [-0.39, 0.29) is 11.5 Å². The third-order valence-electron chi connectivity index (χ3n) is 4.14. The lowest BCUT2D eigenvalue weighted by Crippen LogP contribution is -2.13. The summed E-state index contributed by atoms with van der Waals surface area (Å²) in [5, 5.41) is 3.91. The molecule has 1 aliphatic carbocycles. The molecule has 4 rings (SSSR count). The second-order valence-electron chi connectivity index (χ2n) is 5.58. The molecule has 2 N–H and O–H groups in total. The van der Waals surface area contributed by atoms with Crippen LogP contribution in [0.4, 0.5) is 5.69 Å². The zero-order valence-corrected chi connectivity index (χ0v) is 13.7. The van der Waals surface area contributed by atoms with E-state index < -0.39 is 0 Å². The Balaban J connectivity index is 1.71. The SMILES string of the molecule is O=C(Nc1ccc2c3c(c(=O)[nH]c2c1)CCC3)c1ccc(Cl)s1. The minimum Gasteiger partial charge on any atom is -0.322 e. The molecule has 6 heteroatoms. The van der Waals surface area contributed by atoms with Crippen molar-refractivity contribution in [3.05, 3.63) is 61.0 Å². The molecule has 3 aromatic rings. The molecular formula is C17H13ClN2O2S. The molecular weight excluding hydrogens is 332 g/mol. The number of nitrogens with one attached hydrogen (secondary N) is 2. The molecule has 1 amide bonds. The molecule has 4 nitrogen and oxygen atoms in total. The number of hydrogen-bond acceptors (Lipinski definition) is 3. The largest absolute Gasteiger partial charge is 0.322 e. The van der Waals surface area contributed by atoms with Crippen molar-refractivity contribution in [2.45, 2.75) is 19.3 Å². The molecule has 0 aliphatic heterocycles. The normalized spacial score (nSPS) is 13.3. The van der Waals surface area contributed by atoms with Gasteiger partial charge in [0.15, 0.2) is 0 Å². The van der Waals surface area contributed by atoms with E-state index in [2.05, 4.69) is 10.3 Å².